The van der Waals surface area contributed by atoms with Gasteiger partial charge in [0.2, 0.25) is 0 Å². The first-order valence-electron chi connectivity index (χ1n) is 11.7. The third kappa shape index (κ3) is 5.31. The van der Waals surface area contributed by atoms with Crippen molar-refractivity contribution in [2.75, 3.05) is 47.0 Å². The minimum Gasteiger partial charge on any atom is -0.468 e. The van der Waals surface area contributed by atoms with Gasteiger partial charge in [-0.3, -0.25) is 19.4 Å². The molecule has 2 fully saturated rings. The van der Waals surface area contributed by atoms with Crippen molar-refractivity contribution in [2.24, 2.45) is 0 Å². The maximum absolute atomic E-state index is 13.4. The van der Waals surface area contributed by atoms with Gasteiger partial charge < -0.3 is 19.1 Å². The van der Waals surface area contributed by atoms with E-state index >= 15 is 0 Å². The van der Waals surface area contributed by atoms with Crippen LogP contribution in [-0.4, -0.2) is 85.2 Å². The highest BCUT2D eigenvalue weighted by atomic mass is 16.5. The van der Waals surface area contributed by atoms with Crippen molar-refractivity contribution >= 4 is 17.9 Å². The molecular formula is C26H31N3O6. The number of urea groups is 1. The standard InChI is InChI=1S/C26H31N3O6/c1-33-16-15-29-25(32)28(19-23(30)34-2)24(31)26(29)11-13-27(14-12-26)18-20-7-6-10-22(17-20)35-21-8-4-3-5-9-21/h3-10,17H,11-16,18-19H2,1-2H3. The summed E-state index contributed by atoms with van der Waals surface area (Å²) in [5.41, 5.74) is 0.144. The molecule has 0 aromatic heterocycles. The van der Waals surface area contributed by atoms with Gasteiger partial charge in [0.25, 0.3) is 5.91 Å². The molecular weight excluding hydrogens is 450 g/mol. The Bertz CT molecular complexity index is 1050. The lowest BCUT2D eigenvalue weighted by atomic mass is 9.85. The molecule has 9 nitrogen and oxygen atoms in total. The van der Waals surface area contributed by atoms with Gasteiger partial charge in [-0.15, -0.1) is 0 Å². The van der Waals surface area contributed by atoms with Crippen LogP contribution in [0.3, 0.4) is 0 Å². The Morgan fingerprint density at radius 2 is 1.69 bits per heavy atom. The minimum atomic E-state index is -0.960. The highest BCUT2D eigenvalue weighted by molar-refractivity contribution is 6.08. The number of rotatable bonds is 9. The van der Waals surface area contributed by atoms with E-state index in [1.807, 2.05) is 48.5 Å². The Morgan fingerprint density at radius 1 is 0.971 bits per heavy atom. The Labute approximate surface area is 205 Å². The number of carbonyl (C=O) groups is 3. The number of amides is 3. The Kier molecular flexibility index (Phi) is 7.67. The number of para-hydroxylation sites is 1. The molecule has 35 heavy (non-hydrogen) atoms. The van der Waals surface area contributed by atoms with E-state index in [1.54, 1.807) is 12.0 Å². The Hall–Kier alpha value is -3.43. The third-order valence-electron chi connectivity index (χ3n) is 6.62. The predicted octanol–water partition coefficient (Wildman–Crippen LogP) is 2.90. The number of hydrogen-bond acceptors (Lipinski definition) is 7. The van der Waals surface area contributed by atoms with Gasteiger partial charge in [-0.05, 0) is 42.7 Å². The number of imide groups is 1. The summed E-state index contributed by atoms with van der Waals surface area (Å²) in [7, 11) is 2.80. The molecule has 0 aliphatic carbocycles. The van der Waals surface area contributed by atoms with Crippen LogP contribution in [0.1, 0.15) is 18.4 Å². The molecule has 0 radical (unpaired) electrons. The van der Waals surface area contributed by atoms with Gasteiger partial charge in [0, 0.05) is 33.3 Å². The lowest BCUT2D eigenvalue weighted by Crippen LogP contribution is -2.57. The first kappa shape index (κ1) is 24.7. The number of esters is 1. The SMILES string of the molecule is COCCN1C(=O)N(CC(=O)OC)C(=O)C12CCN(Cc1cccc(Oc3ccccc3)c1)CC2. The molecule has 186 valence electrons. The molecule has 2 heterocycles. The Balaban J connectivity index is 1.43. The topological polar surface area (TPSA) is 88.6 Å². The molecule has 1 spiro atoms. The summed E-state index contributed by atoms with van der Waals surface area (Å²) in [6, 6.07) is 17.1. The van der Waals surface area contributed by atoms with E-state index in [4.69, 9.17) is 9.47 Å². The van der Waals surface area contributed by atoms with E-state index in [1.165, 1.54) is 7.11 Å². The monoisotopic (exact) mass is 481 g/mol. The number of nitrogens with zero attached hydrogens (tertiary/aromatic N) is 3. The quantitative estimate of drug-likeness (QED) is 0.402. The molecule has 0 bridgehead atoms. The zero-order chi connectivity index (χ0) is 24.8. The van der Waals surface area contributed by atoms with E-state index in [-0.39, 0.29) is 19.0 Å². The summed E-state index contributed by atoms with van der Waals surface area (Å²) in [4.78, 5) is 43.1. The van der Waals surface area contributed by atoms with Crippen molar-refractivity contribution < 1.29 is 28.6 Å². The van der Waals surface area contributed by atoms with E-state index in [2.05, 4.69) is 15.7 Å². The minimum absolute atomic E-state index is 0.289. The van der Waals surface area contributed by atoms with E-state index in [0.717, 1.165) is 22.0 Å². The van der Waals surface area contributed by atoms with Crippen LogP contribution in [0, 0.1) is 0 Å². The lowest BCUT2D eigenvalue weighted by Gasteiger charge is -2.42. The first-order valence-corrected chi connectivity index (χ1v) is 11.7. The van der Waals surface area contributed by atoms with Crippen molar-refractivity contribution in [3.8, 4) is 11.5 Å². The van der Waals surface area contributed by atoms with Crippen molar-refractivity contribution in [2.45, 2.75) is 24.9 Å². The number of carbonyl (C=O) groups excluding carboxylic acids is 3. The van der Waals surface area contributed by atoms with Crippen LogP contribution in [0.5, 0.6) is 11.5 Å². The number of benzene rings is 2. The highest BCUT2D eigenvalue weighted by Gasteiger charge is 2.58. The molecule has 2 aromatic rings. The summed E-state index contributed by atoms with van der Waals surface area (Å²) in [6.45, 7) is 2.20. The van der Waals surface area contributed by atoms with Crippen LogP contribution in [-0.2, 0) is 25.6 Å². The average Bonchev–Trinajstić information content (AvgIpc) is 3.05. The van der Waals surface area contributed by atoms with Gasteiger partial charge in [-0.25, -0.2) is 4.79 Å². The highest BCUT2D eigenvalue weighted by Crippen LogP contribution is 2.37. The van der Waals surface area contributed by atoms with Crippen LogP contribution >= 0.6 is 0 Å². The second-order valence-corrected chi connectivity index (χ2v) is 8.76. The molecule has 2 aliphatic heterocycles. The summed E-state index contributed by atoms with van der Waals surface area (Å²) in [5.74, 6) is 0.594. The zero-order valence-electron chi connectivity index (χ0n) is 20.1. The summed E-state index contributed by atoms with van der Waals surface area (Å²) >= 11 is 0. The fourth-order valence-electron chi connectivity index (χ4n) is 4.76. The largest absolute Gasteiger partial charge is 0.468 e. The molecule has 3 amide bonds. The van der Waals surface area contributed by atoms with Crippen LogP contribution in [0.25, 0.3) is 0 Å². The summed E-state index contributed by atoms with van der Waals surface area (Å²) in [6.07, 6.45) is 0.971. The molecule has 9 heteroatoms. The predicted molar refractivity (Wildman–Crippen MR) is 128 cm³/mol. The van der Waals surface area contributed by atoms with E-state index in [0.29, 0.717) is 39.1 Å². The maximum Gasteiger partial charge on any atom is 0.328 e. The second-order valence-electron chi connectivity index (χ2n) is 8.76. The van der Waals surface area contributed by atoms with Crippen molar-refractivity contribution in [3.05, 3.63) is 60.2 Å². The molecule has 2 aliphatic rings. The fourth-order valence-corrected chi connectivity index (χ4v) is 4.76. The molecule has 4 rings (SSSR count). The third-order valence-corrected chi connectivity index (χ3v) is 6.62. The zero-order valence-corrected chi connectivity index (χ0v) is 20.1. The number of ether oxygens (including phenoxy) is 3. The number of likely N-dealkylation sites (tertiary alicyclic amines) is 1. The lowest BCUT2D eigenvalue weighted by molar-refractivity contribution is -0.146. The van der Waals surface area contributed by atoms with Crippen molar-refractivity contribution in [1.82, 2.24) is 14.7 Å². The van der Waals surface area contributed by atoms with Crippen molar-refractivity contribution in [3.63, 3.8) is 0 Å². The van der Waals surface area contributed by atoms with E-state index in [9.17, 15) is 14.4 Å². The van der Waals surface area contributed by atoms with Crippen LogP contribution < -0.4 is 4.74 Å². The molecule has 0 N–H and O–H groups in total. The number of piperidine rings is 1. The summed E-state index contributed by atoms with van der Waals surface area (Å²) in [5, 5.41) is 0. The number of methoxy groups -OCH3 is 2. The number of hydrogen-bond donors (Lipinski definition) is 0. The molecule has 2 aromatic carbocycles. The van der Waals surface area contributed by atoms with Gasteiger partial charge in [0.15, 0.2) is 0 Å². The molecule has 0 unspecified atom stereocenters. The van der Waals surface area contributed by atoms with Crippen LogP contribution in [0.2, 0.25) is 0 Å². The fraction of sp³-hybridized carbons (Fsp3) is 0.423. The van der Waals surface area contributed by atoms with Gasteiger partial charge >= 0.3 is 12.0 Å². The molecule has 0 saturated carbocycles. The van der Waals surface area contributed by atoms with Gasteiger partial charge in [-0.2, -0.15) is 0 Å². The average molecular weight is 482 g/mol. The van der Waals surface area contributed by atoms with Gasteiger partial charge in [0.1, 0.15) is 23.6 Å². The van der Waals surface area contributed by atoms with Gasteiger partial charge in [-0.1, -0.05) is 30.3 Å². The molecule has 0 atom stereocenters. The molecule has 2 saturated heterocycles. The first-order chi connectivity index (χ1) is 17.0. The maximum atomic E-state index is 13.4. The Morgan fingerprint density at radius 3 is 2.37 bits per heavy atom. The van der Waals surface area contributed by atoms with Gasteiger partial charge in [0.05, 0.1) is 13.7 Å². The summed E-state index contributed by atoms with van der Waals surface area (Å²) < 4.78 is 15.8. The van der Waals surface area contributed by atoms with Crippen LogP contribution in [0.4, 0.5) is 4.79 Å². The second kappa shape index (κ2) is 10.9. The normalized spacial score (nSPS) is 17.8. The van der Waals surface area contributed by atoms with Crippen LogP contribution in [0.15, 0.2) is 54.6 Å². The van der Waals surface area contributed by atoms with Crippen molar-refractivity contribution in [1.29, 1.82) is 0 Å². The van der Waals surface area contributed by atoms with E-state index < -0.39 is 17.5 Å². The smallest absolute Gasteiger partial charge is 0.328 e.